The Morgan fingerprint density at radius 2 is 1.86 bits per heavy atom. The zero-order chi connectivity index (χ0) is 24.7. The Morgan fingerprint density at radius 3 is 2.69 bits per heavy atom. The van der Waals surface area contributed by atoms with Crippen molar-refractivity contribution in [3.8, 4) is 5.75 Å². The van der Waals surface area contributed by atoms with Crippen LogP contribution in [-0.4, -0.2) is 85.5 Å². The van der Waals surface area contributed by atoms with E-state index in [0.29, 0.717) is 32.0 Å². The van der Waals surface area contributed by atoms with E-state index in [1.165, 1.54) is 25.7 Å². The van der Waals surface area contributed by atoms with Crippen LogP contribution in [-0.2, 0) is 16.1 Å². The number of nitrogens with one attached hydrogen (secondary N) is 1. The summed E-state index contributed by atoms with van der Waals surface area (Å²) in [5.41, 5.74) is 1.14. The Kier molecular flexibility index (Phi) is 8.59. The van der Waals surface area contributed by atoms with Crippen molar-refractivity contribution in [1.29, 1.82) is 0 Å². The van der Waals surface area contributed by atoms with E-state index in [1.54, 1.807) is 0 Å². The lowest BCUT2D eigenvalue weighted by molar-refractivity contribution is -0.135. The molecule has 1 N–H and O–H groups in total. The summed E-state index contributed by atoms with van der Waals surface area (Å²) in [5.74, 6) is 2.37. The molecule has 2 amide bonds. The summed E-state index contributed by atoms with van der Waals surface area (Å²) in [4.78, 5) is 32.9. The summed E-state index contributed by atoms with van der Waals surface area (Å²) in [5, 5.41) is 3.14. The van der Waals surface area contributed by atoms with Gasteiger partial charge in [0.25, 0.3) is 0 Å². The molecular weight excluding hydrogens is 452 g/mol. The minimum Gasteiger partial charge on any atom is -0.489 e. The fourth-order valence-electron chi connectivity index (χ4n) is 5.92. The van der Waals surface area contributed by atoms with E-state index in [1.807, 2.05) is 23.1 Å². The molecule has 1 aromatic rings. The lowest BCUT2D eigenvalue weighted by atomic mass is 9.82. The van der Waals surface area contributed by atoms with Gasteiger partial charge in [-0.2, -0.15) is 0 Å². The second kappa shape index (κ2) is 12.2. The highest BCUT2D eigenvalue weighted by atomic mass is 16.5. The molecule has 3 fully saturated rings. The molecule has 5 rings (SSSR count). The number of nitrogens with zero attached hydrogens (tertiary/aromatic N) is 3. The minimum absolute atomic E-state index is 0.135. The van der Waals surface area contributed by atoms with E-state index in [2.05, 4.69) is 33.3 Å². The van der Waals surface area contributed by atoms with E-state index < -0.39 is 0 Å². The molecule has 1 saturated carbocycles. The first-order valence-corrected chi connectivity index (χ1v) is 14.0. The molecule has 0 aromatic heterocycles. The first-order valence-electron chi connectivity index (χ1n) is 14.0. The van der Waals surface area contributed by atoms with Crippen LogP contribution in [0.2, 0.25) is 0 Å². The molecule has 7 heteroatoms. The van der Waals surface area contributed by atoms with Crippen LogP contribution in [0.1, 0.15) is 44.1 Å². The number of ether oxygens (including phenoxy) is 1. The van der Waals surface area contributed by atoms with Crippen LogP contribution >= 0.6 is 0 Å². The first-order chi connectivity index (χ1) is 17.6. The third-order valence-electron chi connectivity index (χ3n) is 8.21. The van der Waals surface area contributed by atoms with Crippen molar-refractivity contribution in [3.05, 3.63) is 42.0 Å². The van der Waals surface area contributed by atoms with Gasteiger partial charge in [0.15, 0.2) is 0 Å². The van der Waals surface area contributed by atoms with Crippen molar-refractivity contribution in [2.45, 2.75) is 45.1 Å². The Balaban J connectivity index is 1.23. The molecule has 2 saturated heterocycles. The molecular formula is C29H42N4O3. The molecule has 0 radical (unpaired) electrons. The van der Waals surface area contributed by atoms with Crippen LogP contribution in [0.4, 0.5) is 0 Å². The zero-order valence-electron chi connectivity index (χ0n) is 21.6. The summed E-state index contributed by atoms with van der Waals surface area (Å²) in [7, 11) is 0. The number of fused-ring (bicyclic) bond motifs is 3. The lowest BCUT2D eigenvalue weighted by Gasteiger charge is -2.38. The van der Waals surface area contributed by atoms with Crippen LogP contribution in [0.25, 0.3) is 0 Å². The maximum absolute atomic E-state index is 13.4. The fraction of sp³-hybridized carbons (Fsp3) is 0.655. The molecule has 0 unspecified atom stereocenters. The van der Waals surface area contributed by atoms with Gasteiger partial charge >= 0.3 is 0 Å². The summed E-state index contributed by atoms with van der Waals surface area (Å²) in [6, 6.07) is 8.19. The van der Waals surface area contributed by atoms with Gasteiger partial charge in [0.05, 0.1) is 6.54 Å². The van der Waals surface area contributed by atoms with E-state index >= 15 is 0 Å². The first kappa shape index (κ1) is 25.3. The maximum atomic E-state index is 13.4. The third kappa shape index (κ3) is 7.10. The molecule has 3 heterocycles. The monoisotopic (exact) mass is 494 g/mol. The Morgan fingerprint density at radius 1 is 1.03 bits per heavy atom. The van der Waals surface area contributed by atoms with Gasteiger partial charge in [-0.15, -0.1) is 0 Å². The normalized spacial score (nSPS) is 26.8. The van der Waals surface area contributed by atoms with Crippen molar-refractivity contribution in [1.82, 2.24) is 20.0 Å². The average Bonchev–Trinajstić information content (AvgIpc) is 3.53. The molecule has 36 heavy (non-hydrogen) atoms. The number of para-hydroxylation sites is 1. The van der Waals surface area contributed by atoms with Crippen LogP contribution in [0, 0.1) is 17.8 Å². The molecule has 7 nitrogen and oxygen atoms in total. The number of piperidine rings is 1. The lowest BCUT2D eigenvalue weighted by Crippen LogP contribution is -2.48. The Bertz CT molecular complexity index is 925. The summed E-state index contributed by atoms with van der Waals surface area (Å²) < 4.78 is 6.16. The fourth-order valence-corrected chi connectivity index (χ4v) is 5.92. The quantitative estimate of drug-likeness (QED) is 0.591. The molecule has 0 spiro atoms. The zero-order valence-corrected chi connectivity index (χ0v) is 21.6. The highest BCUT2D eigenvalue weighted by molar-refractivity contribution is 5.79. The van der Waals surface area contributed by atoms with E-state index in [0.717, 1.165) is 63.5 Å². The van der Waals surface area contributed by atoms with E-state index in [-0.39, 0.29) is 23.7 Å². The molecule has 2 bridgehead atoms. The van der Waals surface area contributed by atoms with Crippen LogP contribution < -0.4 is 10.1 Å². The maximum Gasteiger partial charge on any atom is 0.236 e. The smallest absolute Gasteiger partial charge is 0.236 e. The van der Waals surface area contributed by atoms with Gasteiger partial charge in [-0.1, -0.05) is 30.4 Å². The standard InChI is InChI=1S/C29H42N4O3/c34-28(30-12-16-31-13-3-4-14-31)18-24-11-15-33-21-25(24)7-5-17-36-27-8-2-1-6-26(27)20-32(22-29(33)35)19-23-9-10-23/h1-2,5-8,23-25H,3-4,9-22H2,(H,30,34)/b7-5+/t24-,25-/m0/s1. The van der Waals surface area contributed by atoms with Crippen molar-refractivity contribution in [2.24, 2.45) is 17.8 Å². The van der Waals surface area contributed by atoms with Crippen molar-refractivity contribution < 1.29 is 14.3 Å². The SMILES string of the molecule is O=C(C[C@@H]1CCN2C[C@@H]1/C=C/COc1ccccc1CN(CC1CC1)CC2=O)NCCN1CCCC1. The number of hydrogen-bond acceptors (Lipinski definition) is 5. The van der Waals surface area contributed by atoms with Crippen molar-refractivity contribution in [2.75, 3.05) is 59.0 Å². The van der Waals surface area contributed by atoms with Gasteiger partial charge in [-0.3, -0.25) is 14.5 Å². The molecule has 4 aliphatic rings. The van der Waals surface area contributed by atoms with Gasteiger partial charge in [0.1, 0.15) is 12.4 Å². The molecule has 196 valence electrons. The number of amides is 2. The van der Waals surface area contributed by atoms with Gasteiger partial charge in [-0.05, 0) is 69.0 Å². The number of carbonyl (C=O) groups is 2. The summed E-state index contributed by atoms with van der Waals surface area (Å²) in [6.45, 7) is 8.04. The number of likely N-dealkylation sites (tertiary alicyclic amines) is 1. The number of rotatable bonds is 7. The van der Waals surface area contributed by atoms with Crippen molar-refractivity contribution >= 4 is 11.8 Å². The third-order valence-corrected chi connectivity index (χ3v) is 8.21. The Labute approximate surface area is 215 Å². The second-order valence-electron chi connectivity index (χ2n) is 11.1. The van der Waals surface area contributed by atoms with Gasteiger partial charge in [-0.25, -0.2) is 0 Å². The van der Waals surface area contributed by atoms with Crippen molar-refractivity contribution in [3.63, 3.8) is 0 Å². The highest BCUT2D eigenvalue weighted by Gasteiger charge is 2.33. The molecule has 1 aromatic carbocycles. The molecule has 2 atom stereocenters. The highest BCUT2D eigenvalue weighted by Crippen LogP contribution is 2.32. The van der Waals surface area contributed by atoms with Crippen LogP contribution in [0.5, 0.6) is 5.75 Å². The topological polar surface area (TPSA) is 65.1 Å². The largest absolute Gasteiger partial charge is 0.489 e. The summed E-state index contributed by atoms with van der Waals surface area (Å²) in [6.07, 6.45) is 10.7. The minimum atomic E-state index is 0.135. The summed E-state index contributed by atoms with van der Waals surface area (Å²) >= 11 is 0. The number of carbonyl (C=O) groups excluding carboxylic acids is 2. The van der Waals surface area contributed by atoms with Gasteiger partial charge in [0.2, 0.25) is 11.8 Å². The Hall–Kier alpha value is -2.38. The molecule has 1 aliphatic carbocycles. The van der Waals surface area contributed by atoms with Crippen LogP contribution in [0.3, 0.4) is 0 Å². The van der Waals surface area contributed by atoms with Gasteiger partial charge < -0.3 is 19.9 Å². The van der Waals surface area contributed by atoms with Crippen LogP contribution in [0.15, 0.2) is 36.4 Å². The average molecular weight is 495 g/mol. The number of benzene rings is 1. The second-order valence-corrected chi connectivity index (χ2v) is 11.1. The predicted octanol–water partition coefficient (Wildman–Crippen LogP) is 2.91. The van der Waals surface area contributed by atoms with Gasteiger partial charge in [0, 0.05) is 51.3 Å². The van der Waals surface area contributed by atoms with E-state index in [9.17, 15) is 9.59 Å². The van der Waals surface area contributed by atoms with E-state index in [4.69, 9.17) is 4.74 Å². The molecule has 3 aliphatic heterocycles. The number of hydrogen-bond donors (Lipinski definition) is 1. The predicted molar refractivity (Wildman–Crippen MR) is 141 cm³/mol.